The molecule has 0 atom stereocenters. The Morgan fingerprint density at radius 3 is 2.28 bits per heavy atom. The number of carbonyl (C=O) groups is 1. The van der Waals surface area contributed by atoms with Crippen LogP contribution in [0.3, 0.4) is 0 Å². The van der Waals surface area contributed by atoms with Gasteiger partial charge < -0.3 is 4.74 Å². The highest BCUT2D eigenvalue weighted by Gasteiger charge is 2.11. The number of hydrogen-bond acceptors (Lipinski definition) is 3. The molecule has 0 aliphatic heterocycles. The second-order valence-electron chi connectivity index (χ2n) is 5.59. The lowest BCUT2D eigenvalue weighted by Gasteiger charge is -2.08. The van der Waals surface area contributed by atoms with Gasteiger partial charge in [0.2, 0.25) is 0 Å². The lowest BCUT2D eigenvalue weighted by Crippen LogP contribution is -2.08. The number of benzene rings is 3. The van der Waals surface area contributed by atoms with E-state index < -0.39 is 11.8 Å². The standard InChI is InChI=1S/C21H14FNO2/c1-14-2-6-17(7-3-14)21(24)25-18-10-11-19(20(22)12-18)16-8-4-15(13-23)5-9-16/h2-12H,1H3. The van der Waals surface area contributed by atoms with Crippen molar-refractivity contribution in [2.24, 2.45) is 0 Å². The van der Waals surface area contributed by atoms with Crippen LogP contribution in [0.4, 0.5) is 4.39 Å². The predicted octanol–water partition coefficient (Wildman–Crippen LogP) is 4.89. The van der Waals surface area contributed by atoms with E-state index in [0.717, 1.165) is 5.56 Å². The Labute approximate surface area is 144 Å². The zero-order chi connectivity index (χ0) is 17.8. The maximum atomic E-state index is 14.4. The summed E-state index contributed by atoms with van der Waals surface area (Å²) in [6, 6.07) is 19.8. The molecule has 0 aromatic heterocycles. The van der Waals surface area contributed by atoms with Crippen LogP contribution >= 0.6 is 0 Å². The zero-order valence-electron chi connectivity index (χ0n) is 13.5. The van der Waals surface area contributed by atoms with Crippen LogP contribution in [0.1, 0.15) is 21.5 Å². The van der Waals surface area contributed by atoms with Gasteiger partial charge in [0.05, 0.1) is 17.2 Å². The third kappa shape index (κ3) is 3.73. The summed E-state index contributed by atoms with van der Waals surface area (Å²) in [7, 11) is 0. The van der Waals surface area contributed by atoms with Crippen LogP contribution in [-0.2, 0) is 0 Å². The van der Waals surface area contributed by atoms with Crippen molar-refractivity contribution in [2.45, 2.75) is 6.92 Å². The van der Waals surface area contributed by atoms with Gasteiger partial charge in [-0.1, -0.05) is 29.8 Å². The molecule has 0 fully saturated rings. The summed E-state index contributed by atoms with van der Waals surface area (Å²) in [5.74, 6) is -0.898. The number of halogens is 1. The third-order valence-electron chi connectivity index (χ3n) is 3.76. The van der Waals surface area contributed by atoms with Gasteiger partial charge in [-0.3, -0.25) is 0 Å². The first-order valence-electron chi connectivity index (χ1n) is 7.66. The first kappa shape index (κ1) is 16.4. The molecular weight excluding hydrogens is 317 g/mol. The minimum Gasteiger partial charge on any atom is -0.423 e. The van der Waals surface area contributed by atoms with Crippen LogP contribution in [0.5, 0.6) is 5.75 Å². The quantitative estimate of drug-likeness (QED) is 0.507. The van der Waals surface area contributed by atoms with Gasteiger partial charge in [-0.05, 0) is 48.9 Å². The average molecular weight is 331 g/mol. The summed E-state index contributed by atoms with van der Waals surface area (Å²) in [4.78, 5) is 12.1. The average Bonchev–Trinajstić information content (AvgIpc) is 2.62. The molecule has 0 amide bonds. The number of rotatable bonds is 3. The number of hydrogen-bond donors (Lipinski definition) is 0. The second-order valence-corrected chi connectivity index (χ2v) is 5.59. The largest absolute Gasteiger partial charge is 0.423 e. The van der Waals surface area contributed by atoms with Gasteiger partial charge in [-0.2, -0.15) is 5.26 Å². The Bertz CT molecular complexity index is 955. The summed E-state index contributed by atoms with van der Waals surface area (Å²) in [5.41, 5.74) is 2.97. The zero-order valence-corrected chi connectivity index (χ0v) is 13.5. The summed E-state index contributed by atoms with van der Waals surface area (Å²) in [6.45, 7) is 1.92. The summed E-state index contributed by atoms with van der Waals surface area (Å²) < 4.78 is 19.6. The van der Waals surface area contributed by atoms with Crippen molar-refractivity contribution >= 4 is 5.97 Å². The van der Waals surface area contributed by atoms with Crippen molar-refractivity contribution < 1.29 is 13.9 Å². The maximum absolute atomic E-state index is 14.4. The molecule has 3 rings (SSSR count). The minimum atomic E-state index is -0.537. The van der Waals surface area contributed by atoms with Gasteiger partial charge in [0.25, 0.3) is 0 Å². The van der Waals surface area contributed by atoms with Crippen molar-refractivity contribution in [1.29, 1.82) is 5.26 Å². The van der Waals surface area contributed by atoms with Crippen molar-refractivity contribution in [3.63, 3.8) is 0 Å². The van der Waals surface area contributed by atoms with Crippen LogP contribution in [0, 0.1) is 24.1 Å². The minimum absolute atomic E-state index is 0.139. The van der Waals surface area contributed by atoms with Crippen molar-refractivity contribution in [3.05, 3.63) is 89.2 Å². The van der Waals surface area contributed by atoms with E-state index in [2.05, 4.69) is 0 Å². The number of carbonyl (C=O) groups excluding carboxylic acids is 1. The van der Waals surface area contributed by atoms with Crippen LogP contribution in [0.25, 0.3) is 11.1 Å². The molecule has 3 aromatic carbocycles. The Hall–Kier alpha value is -3.45. The van der Waals surface area contributed by atoms with E-state index in [9.17, 15) is 9.18 Å². The summed E-state index contributed by atoms with van der Waals surface area (Å²) >= 11 is 0. The normalized spacial score (nSPS) is 10.1. The topological polar surface area (TPSA) is 50.1 Å². The fourth-order valence-electron chi connectivity index (χ4n) is 2.37. The fourth-order valence-corrected chi connectivity index (χ4v) is 2.37. The van der Waals surface area contributed by atoms with Crippen LogP contribution in [0.15, 0.2) is 66.7 Å². The second kappa shape index (κ2) is 6.98. The smallest absolute Gasteiger partial charge is 0.343 e. The molecule has 122 valence electrons. The predicted molar refractivity (Wildman–Crippen MR) is 92.7 cm³/mol. The van der Waals surface area contributed by atoms with E-state index in [1.807, 2.05) is 25.1 Å². The number of nitriles is 1. The van der Waals surface area contributed by atoms with E-state index in [4.69, 9.17) is 10.00 Å². The summed E-state index contributed by atoms with van der Waals surface area (Å²) in [6.07, 6.45) is 0. The molecule has 0 aliphatic carbocycles. The molecule has 3 nitrogen and oxygen atoms in total. The Morgan fingerprint density at radius 1 is 1.00 bits per heavy atom. The highest BCUT2D eigenvalue weighted by molar-refractivity contribution is 5.91. The molecule has 0 unspecified atom stereocenters. The number of nitrogens with zero attached hydrogens (tertiary/aromatic N) is 1. The molecule has 25 heavy (non-hydrogen) atoms. The van der Waals surface area contributed by atoms with Crippen molar-refractivity contribution in [1.82, 2.24) is 0 Å². The van der Waals surface area contributed by atoms with Gasteiger partial charge in [-0.15, -0.1) is 0 Å². The molecule has 4 heteroatoms. The fraction of sp³-hybridized carbons (Fsp3) is 0.0476. The molecule has 0 heterocycles. The van der Waals surface area contributed by atoms with E-state index in [1.165, 1.54) is 6.07 Å². The molecule has 3 aromatic rings. The van der Waals surface area contributed by atoms with Crippen LogP contribution < -0.4 is 4.74 Å². The summed E-state index contributed by atoms with van der Waals surface area (Å²) in [5, 5.41) is 8.81. The van der Waals surface area contributed by atoms with Gasteiger partial charge >= 0.3 is 5.97 Å². The molecular formula is C21H14FNO2. The first-order chi connectivity index (χ1) is 12.1. The Morgan fingerprint density at radius 2 is 1.68 bits per heavy atom. The SMILES string of the molecule is Cc1ccc(C(=O)Oc2ccc(-c3ccc(C#N)cc3)c(F)c2)cc1. The Kier molecular flexibility index (Phi) is 4.58. The number of ether oxygens (including phenoxy) is 1. The molecule has 0 aliphatic rings. The lowest BCUT2D eigenvalue weighted by molar-refractivity contribution is 0.0734. The first-order valence-corrected chi connectivity index (χ1v) is 7.66. The molecule has 0 saturated carbocycles. The Balaban J connectivity index is 1.80. The molecule has 0 radical (unpaired) electrons. The van der Waals surface area contributed by atoms with Gasteiger partial charge in [-0.25, -0.2) is 9.18 Å². The maximum Gasteiger partial charge on any atom is 0.343 e. The highest BCUT2D eigenvalue weighted by Crippen LogP contribution is 2.27. The van der Waals surface area contributed by atoms with E-state index >= 15 is 0 Å². The van der Waals surface area contributed by atoms with Crippen LogP contribution in [-0.4, -0.2) is 5.97 Å². The third-order valence-corrected chi connectivity index (χ3v) is 3.76. The molecule has 0 N–H and O–H groups in total. The lowest BCUT2D eigenvalue weighted by atomic mass is 10.0. The van der Waals surface area contributed by atoms with Crippen molar-refractivity contribution in [2.75, 3.05) is 0 Å². The highest BCUT2D eigenvalue weighted by atomic mass is 19.1. The van der Waals surface area contributed by atoms with Crippen molar-refractivity contribution in [3.8, 4) is 22.9 Å². The number of aryl methyl sites for hydroxylation is 1. The number of esters is 1. The molecule has 0 spiro atoms. The molecule has 0 saturated heterocycles. The van der Waals surface area contributed by atoms with E-state index in [1.54, 1.807) is 48.5 Å². The molecule has 0 bridgehead atoms. The monoisotopic (exact) mass is 331 g/mol. The van der Waals surface area contributed by atoms with Gasteiger partial charge in [0.15, 0.2) is 0 Å². The van der Waals surface area contributed by atoms with Crippen LogP contribution in [0.2, 0.25) is 0 Å². The van der Waals surface area contributed by atoms with Gasteiger partial charge in [0.1, 0.15) is 11.6 Å². The van der Waals surface area contributed by atoms with E-state index in [-0.39, 0.29) is 5.75 Å². The van der Waals surface area contributed by atoms with Gasteiger partial charge in [0, 0.05) is 11.6 Å². The van der Waals surface area contributed by atoms with E-state index in [0.29, 0.717) is 22.3 Å².